The van der Waals surface area contributed by atoms with Crippen molar-refractivity contribution in [3.63, 3.8) is 0 Å². The van der Waals surface area contributed by atoms with Gasteiger partial charge in [0.1, 0.15) is 0 Å². The number of aliphatic hydroxyl groups is 1. The van der Waals surface area contributed by atoms with E-state index < -0.39 is 0 Å². The minimum atomic E-state index is -0.0208. The van der Waals surface area contributed by atoms with E-state index >= 15 is 0 Å². The summed E-state index contributed by atoms with van der Waals surface area (Å²) in [6.45, 7) is 1.46. The monoisotopic (exact) mass is 452 g/mol. The molecular formula is C4H4O2W2. The van der Waals surface area contributed by atoms with Gasteiger partial charge in [0.2, 0.25) is 0 Å². The Hall–Kier alpha value is 0.747. The van der Waals surface area contributed by atoms with Crippen LogP contribution < -0.4 is 0 Å². The number of aliphatic hydroxyl groups excluding tert-OH is 1. The molecule has 0 heterocycles. The summed E-state index contributed by atoms with van der Waals surface area (Å²) in [5, 5.41) is 8.71. The van der Waals surface area contributed by atoms with Crippen molar-refractivity contribution in [3.8, 4) is 0 Å². The Morgan fingerprint density at radius 2 is 1.88 bits per heavy atom. The third-order valence-corrected chi connectivity index (χ3v) is 4.99. The van der Waals surface area contributed by atoms with Gasteiger partial charge >= 0.3 is 69.3 Å². The maximum absolute atomic E-state index is 10.4. The van der Waals surface area contributed by atoms with Gasteiger partial charge in [0.15, 0.2) is 0 Å². The topological polar surface area (TPSA) is 37.3 Å². The van der Waals surface area contributed by atoms with Crippen LogP contribution in [0.4, 0.5) is 0 Å². The van der Waals surface area contributed by atoms with Gasteiger partial charge in [-0.1, -0.05) is 0 Å². The first kappa shape index (κ1) is 8.75. The number of ketones is 1. The molecule has 0 saturated heterocycles. The van der Waals surface area contributed by atoms with Gasteiger partial charge in [-0.25, -0.2) is 0 Å². The molecule has 8 heavy (non-hydrogen) atoms. The van der Waals surface area contributed by atoms with Gasteiger partial charge in [0.25, 0.3) is 0 Å². The zero-order valence-corrected chi connectivity index (χ0v) is 10.0. The van der Waals surface area contributed by atoms with E-state index in [-0.39, 0.29) is 9.87 Å². The molecule has 0 aliphatic rings. The molecule has 0 spiro atoms. The van der Waals surface area contributed by atoms with Crippen LogP contribution in [0.2, 0.25) is 0 Å². The molecule has 0 radical (unpaired) electrons. The van der Waals surface area contributed by atoms with E-state index in [1.807, 2.05) is 0 Å². The second-order valence-electron chi connectivity index (χ2n) is 1.19. The second-order valence-corrected chi connectivity index (χ2v) is 4.05. The maximum atomic E-state index is 10.4. The van der Waals surface area contributed by atoms with E-state index in [2.05, 4.69) is 0 Å². The summed E-state index contributed by atoms with van der Waals surface area (Å²) < 4.78 is 0.785. The first-order valence-electron chi connectivity index (χ1n) is 1.84. The van der Waals surface area contributed by atoms with Crippen LogP contribution in [0.25, 0.3) is 0 Å². The predicted octanol–water partition coefficient (Wildman–Crippen LogP) is -0.656. The van der Waals surface area contributed by atoms with Crippen LogP contribution in [0.5, 0.6) is 0 Å². The van der Waals surface area contributed by atoms with Crippen LogP contribution >= 0.6 is 0 Å². The molecule has 0 amide bonds. The summed E-state index contributed by atoms with van der Waals surface area (Å²) in [4.78, 5) is 10.4. The Kier molecular flexibility index (Phi) is 4.06. The Balaban J connectivity index is 4.05. The Morgan fingerprint density at radius 1 is 1.50 bits per heavy atom. The molecule has 2 nitrogen and oxygen atoms in total. The Labute approximate surface area is 69.1 Å². The van der Waals surface area contributed by atoms with Crippen molar-refractivity contribution in [3.05, 3.63) is 0 Å². The number of carbonyl (C=O) groups is 1. The van der Waals surface area contributed by atoms with Crippen molar-refractivity contribution in [1.29, 1.82) is 0 Å². The molecule has 0 aromatic rings. The third-order valence-electron chi connectivity index (χ3n) is 0.514. The number of hydrogen-bond acceptors (Lipinski definition) is 2. The normalized spacial score (nSPS) is 8.25. The van der Waals surface area contributed by atoms with Gasteiger partial charge in [0.05, 0.1) is 0 Å². The van der Waals surface area contributed by atoms with Crippen molar-refractivity contribution in [1.82, 2.24) is 0 Å². The van der Waals surface area contributed by atoms with Gasteiger partial charge < -0.3 is 0 Å². The molecule has 0 aliphatic heterocycles. The van der Waals surface area contributed by atoms with E-state index in [4.69, 9.17) is 5.11 Å². The van der Waals surface area contributed by atoms with Crippen molar-refractivity contribution in [2.75, 3.05) is 0 Å². The number of carbonyl (C=O) groups excluding carboxylic acids is 1. The molecule has 0 atom stereocenters. The number of hydrogen-bond donors (Lipinski definition) is 1. The van der Waals surface area contributed by atoms with Crippen LogP contribution in [0.3, 0.4) is 0 Å². The Morgan fingerprint density at radius 3 is 1.88 bits per heavy atom. The fraction of sp³-hybridized carbons (Fsp3) is 0.250. The first-order chi connectivity index (χ1) is 3.55. The fourth-order valence-corrected chi connectivity index (χ4v) is 0.667. The molecule has 0 bridgehead atoms. The summed E-state index contributed by atoms with van der Waals surface area (Å²) in [7, 11) is 0. The molecule has 1 N–H and O–H groups in total. The minimum absolute atomic E-state index is 0.0208. The molecule has 0 aromatic heterocycles. The molecule has 4 heteroatoms. The molecule has 0 unspecified atom stereocenters. The van der Waals surface area contributed by atoms with Gasteiger partial charge in [-0.15, -0.1) is 0 Å². The SMILES string of the molecule is CC(=O)[C](=[W])[C](O)=[W]. The van der Waals surface area contributed by atoms with Crippen LogP contribution in [-0.2, 0) is 43.5 Å². The van der Waals surface area contributed by atoms with Crippen LogP contribution in [-0.4, -0.2) is 18.9 Å². The second kappa shape index (κ2) is 3.71. The van der Waals surface area contributed by atoms with Crippen LogP contribution in [0.15, 0.2) is 0 Å². The quantitative estimate of drug-likeness (QED) is 0.606. The first-order valence-corrected chi connectivity index (χ1v) is 4.77. The summed E-state index contributed by atoms with van der Waals surface area (Å²) in [5.41, 5.74) is 0. The van der Waals surface area contributed by atoms with E-state index in [1.165, 1.54) is 6.92 Å². The molecule has 44 valence electrons. The summed E-state index contributed by atoms with van der Waals surface area (Å²) >= 11 is 2.00. The molecular weight excluding hydrogens is 448 g/mol. The summed E-state index contributed by atoms with van der Waals surface area (Å²) in [6.07, 6.45) is 0. The summed E-state index contributed by atoms with van der Waals surface area (Å²) in [6, 6.07) is 0. The average Bonchev–Trinajstić information content (AvgIpc) is 1.64. The van der Waals surface area contributed by atoms with Gasteiger partial charge in [-0.05, 0) is 0 Å². The Bertz CT molecular complexity index is 134. The van der Waals surface area contributed by atoms with Crippen molar-refractivity contribution >= 4 is 13.8 Å². The van der Waals surface area contributed by atoms with E-state index in [0.29, 0.717) is 3.90 Å². The van der Waals surface area contributed by atoms with Crippen molar-refractivity contribution < 1.29 is 48.6 Å². The van der Waals surface area contributed by atoms with E-state index in [1.54, 1.807) is 0 Å². The fourth-order valence-electron chi connectivity index (χ4n) is 0.151. The van der Waals surface area contributed by atoms with Gasteiger partial charge in [0, 0.05) is 0 Å². The molecule has 0 fully saturated rings. The summed E-state index contributed by atoms with van der Waals surface area (Å²) in [5.74, 6) is -0.0208. The zero-order chi connectivity index (χ0) is 6.73. The standard InChI is InChI=1S/C4H4O2.2W/c1-4(6)2-3-5;;/h5H,1H3;;. The van der Waals surface area contributed by atoms with Crippen LogP contribution in [0.1, 0.15) is 6.92 Å². The number of rotatable bonds is 2. The molecule has 0 saturated carbocycles. The van der Waals surface area contributed by atoms with Gasteiger partial charge in [-0.2, -0.15) is 0 Å². The van der Waals surface area contributed by atoms with Crippen molar-refractivity contribution in [2.45, 2.75) is 6.92 Å². The van der Waals surface area contributed by atoms with Crippen molar-refractivity contribution in [2.24, 2.45) is 0 Å². The third kappa shape index (κ3) is 2.91. The predicted molar refractivity (Wildman–Crippen MR) is 22.6 cm³/mol. The zero-order valence-electron chi connectivity index (χ0n) is 4.17. The average molecular weight is 452 g/mol. The van der Waals surface area contributed by atoms with E-state index in [9.17, 15) is 4.79 Å². The number of Topliss-reactive ketones (excluding diaryl/α,β-unsaturated/α-hetero) is 1. The molecule has 0 aliphatic carbocycles. The van der Waals surface area contributed by atoms with Crippen LogP contribution in [0, 0.1) is 0 Å². The van der Waals surface area contributed by atoms with E-state index in [0.717, 1.165) is 38.7 Å². The molecule has 0 rings (SSSR count). The molecule has 0 aromatic carbocycles. The van der Waals surface area contributed by atoms with Gasteiger partial charge in [-0.3, -0.25) is 0 Å².